The standard InChI is InChI=1S/C23H29ClN2O3S/c1-23(2,3)22(28)25(12-13-29-4)15-20(27)26-11-9-19-18(10-14-30-19)21(26)16-5-7-17(24)8-6-16/h5-8,10,14,21H,9,11-13,15H2,1-4H3. The average molecular weight is 449 g/mol. The molecule has 1 aromatic carbocycles. The number of halogens is 1. The number of carbonyl (C=O) groups is 2. The number of hydrogen-bond donors (Lipinski definition) is 0. The summed E-state index contributed by atoms with van der Waals surface area (Å²) in [7, 11) is 1.60. The van der Waals surface area contributed by atoms with Crippen LogP contribution in [0.25, 0.3) is 0 Å². The molecular formula is C23H29ClN2O3S. The lowest BCUT2D eigenvalue weighted by atomic mass is 9.92. The summed E-state index contributed by atoms with van der Waals surface area (Å²) in [6.07, 6.45) is 0.827. The first-order valence-electron chi connectivity index (χ1n) is 10.1. The molecule has 1 unspecified atom stereocenters. The molecule has 2 amide bonds. The highest BCUT2D eigenvalue weighted by molar-refractivity contribution is 7.10. The molecule has 0 aliphatic carbocycles. The predicted molar refractivity (Wildman–Crippen MR) is 121 cm³/mol. The first-order valence-corrected chi connectivity index (χ1v) is 11.4. The molecule has 0 bridgehead atoms. The van der Waals surface area contributed by atoms with E-state index in [9.17, 15) is 9.59 Å². The highest BCUT2D eigenvalue weighted by atomic mass is 35.5. The van der Waals surface area contributed by atoms with Gasteiger partial charge in [0.2, 0.25) is 11.8 Å². The van der Waals surface area contributed by atoms with Crippen molar-refractivity contribution in [3.05, 3.63) is 56.7 Å². The molecule has 1 aliphatic heterocycles. The second-order valence-electron chi connectivity index (χ2n) is 8.56. The Morgan fingerprint density at radius 3 is 2.57 bits per heavy atom. The van der Waals surface area contributed by atoms with Gasteiger partial charge in [-0.2, -0.15) is 0 Å². The van der Waals surface area contributed by atoms with Gasteiger partial charge in [0.1, 0.15) is 0 Å². The van der Waals surface area contributed by atoms with Crippen LogP contribution in [0, 0.1) is 5.41 Å². The second-order valence-corrected chi connectivity index (χ2v) is 10.00. The third kappa shape index (κ3) is 5.05. The van der Waals surface area contributed by atoms with Gasteiger partial charge in [0.25, 0.3) is 0 Å². The van der Waals surface area contributed by atoms with E-state index in [4.69, 9.17) is 16.3 Å². The zero-order valence-electron chi connectivity index (χ0n) is 18.0. The van der Waals surface area contributed by atoms with Gasteiger partial charge < -0.3 is 14.5 Å². The van der Waals surface area contributed by atoms with Gasteiger partial charge in [-0.25, -0.2) is 0 Å². The average Bonchev–Trinajstić information content (AvgIpc) is 3.18. The Balaban J connectivity index is 1.88. The van der Waals surface area contributed by atoms with E-state index in [1.54, 1.807) is 23.3 Å². The predicted octanol–water partition coefficient (Wildman–Crippen LogP) is 4.40. The SMILES string of the molecule is COCCN(CC(=O)N1CCc2sccc2C1c1ccc(Cl)cc1)C(=O)C(C)(C)C. The smallest absolute Gasteiger partial charge is 0.242 e. The molecule has 7 heteroatoms. The number of hydrogen-bond acceptors (Lipinski definition) is 4. The minimum atomic E-state index is -0.563. The van der Waals surface area contributed by atoms with Crippen molar-refractivity contribution in [3.63, 3.8) is 0 Å². The summed E-state index contributed by atoms with van der Waals surface area (Å²) in [4.78, 5) is 31.2. The van der Waals surface area contributed by atoms with E-state index in [0.29, 0.717) is 24.7 Å². The maximum Gasteiger partial charge on any atom is 0.242 e. The van der Waals surface area contributed by atoms with Gasteiger partial charge in [-0.1, -0.05) is 44.5 Å². The van der Waals surface area contributed by atoms with Crippen molar-refractivity contribution in [3.8, 4) is 0 Å². The number of benzene rings is 1. The lowest BCUT2D eigenvalue weighted by molar-refractivity contribution is -0.147. The number of amides is 2. The van der Waals surface area contributed by atoms with E-state index >= 15 is 0 Å². The van der Waals surface area contributed by atoms with Crippen molar-refractivity contribution >= 4 is 34.8 Å². The number of rotatable bonds is 6. The van der Waals surface area contributed by atoms with Gasteiger partial charge in [0.15, 0.2) is 0 Å². The highest BCUT2D eigenvalue weighted by Gasteiger charge is 2.35. The normalized spacial score (nSPS) is 16.3. The summed E-state index contributed by atoms with van der Waals surface area (Å²) in [6, 6.07) is 9.59. The van der Waals surface area contributed by atoms with E-state index in [2.05, 4.69) is 11.4 Å². The molecule has 1 atom stereocenters. The summed E-state index contributed by atoms with van der Waals surface area (Å²) in [5.74, 6) is -0.107. The fraction of sp³-hybridized carbons (Fsp3) is 0.478. The van der Waals surface area contributed by atoms with Gasteiger partial charge in [0, 0.05) is 35.5 Å². The topological polar surface area (TPSA) is 49.9 Å². The summed E-state index contributed by atoms with van der Waals surface area (Å²) < 4.78 is 5.17. The molecule has 1 aromatic heterocycles. The minimum Gasteiger partial charge on any atom is -0.383 e. The van der Waals surface area contributed by atoms with Crippen LogP contribution in [0.2, 0.25) is 5.02 Å². The molecule has 0 fully saturated rings. The van der Waals surface area contributed by atoms with Gasteiger partial charge in [-0.05, 0) is 41.1 Å². The van der Waals surface area contributed by atoms with Gasteiger partial charge >= 0.3 is 0 Å². The summed E-state index contributed by atoms with van der Waals surface area (Å²) in [5, 5.41) is 2.75. The van der Waals surface area contributed by atoms with Crippen LogP contribution in [0.4, 0.5) is 0 Å². The lowest BCUT2D eigenvalue weighted by Crippen LogP contribution is -2.49. The van der Waals surface area contributed by atoms with Gasteiger partial charge in [-0.3, -0.25) is 9.59 Å². The van der Waals surface area contributed by atoms with Crippen molar-refractivity contribution in [1.82, 2.24) is 9.80 Å². The van der Waals surface area contributed by atoms with E-state index < -0.39 is 5.41 Å². The van der Waals surface area contributed by atoms with E-state index in [1.165, 1.54) is 4.88 Å². The van der Waals surface area contributed by atoms with Crippen molar-refractivity contribution in [2.75, 3.05) is 33.4 Å². The number of thiophene rings is 1. The Morgan fingerprint density at radius 1 is 1.23 bits per heavy atom. The Morgan fingerprint density at radius 2 is 1.93 bits per heavy atom. The van der Waals surface area contributed by atoms with E-state index in [-0.39, 0.29) is 24.4 Å². The quantitative estimate of drug-likeness (QED) is 0.658. The van der Waals surface area contributed by atoms with Crippen LogP contribution < -0.4 is 0 Å². The summed E-state index contributed by atoms with van der Waals surface area (Å²) in [6.45, 7) is 7.06. The minimum absolute atomic E-state index is 0.0447. The second kappa shape index (κ2) is 9.50. The molecule has 0 N–H and O–H groups in total. The Kier molecular flexibility index (Phi) is 7.22. The lowest BCUT2D eigenvalue weighted by Gasteiger charge is -2.38. The molecule has 0 spiro atoms. The largest absolute Gasteiger partial charge is 0.383 e. The van der Waals surface area contributed by atoms with Crippen LogP contribution in [0.1, 0.15) is 42.8 Å². The van der Waals surface area contributed by atoms with Crippen LogP contribution in [-0.2, 0) is 20.7 Å². The Hall–Kier alpha value is -1.89. The maximum atomic E-state index is 13.5. The molecular weight excluding hydrogens is 420 g/mol. The first-order chi connectivity index (χ1) is 14.2. The van der Waals surface area contributed by atoms with Crippen LogP contribution in [0.5, 0.6) is 0 Å². The van der Waals surface area contributed by atoms with Crippen LogP contribution in [0.15, 0.2) is 35.7 Å². The molecule has 0 saturated carbocycles. The van der Waals surface area contributed by atoms with Gasteiger partial charge in [-0.15, -0.1) is 11.3 Å². The molecule has 162 valence electrons. The fourth-order valence-corrected chi connectivity index (χ4v) is 4.80. The number of methoxy groups -OCH3 is 1. The van der Waals surface area contributed by atoms with Crippen LogP contribution in [0.3, 0.4) is 0 Å². The van der Waals surface area contributed by atoms with Crippen LogP contribution >= 0.6 is 22.9 Å². The third-order valence-corrected chi connectivity index (χ3v) is 6.54. The number of carbonyl (C=O) groups excluding carboxylic acids is 2. The zero-order valence-corrected chi connectivity index (χ0v) is 19.6. The number of fused-ring (bicyclic) bond motifs is 1. The molecule has 30 heavy (non-hydrogen) atoms. The summed E-state index contributed by atoms with van der Waals surface area (Å²) in [5.41, 5.74) is 1.62. The Labute approximate surface area is 187 Å². The molecule has 2 aromatic rings. The first kappa shape index (κ1) is 22.8. The highest BCUT2D eigenvalue weighted by Crippen LogP contribution is 2.38. The molecule has 0 radical (unpaired) electrons. The number of ether oxygens (including phenoxy) is 1. The van der Waals surface area contributed by atoms with Crippen molar-refractivity contribution in [1.29, 1.82) is 0 Å². The van der Waals surface area contributed by atoms with Crippen molar-refractivity contribution in [2.45, 2.75) is 33.2 Å². The monoisotopic (exact) mass is 448 g/mol. The molecule has 0 saturated heterocycles. The van der Waals surface area contributed by atoms with Crippen molar-refractivity contribution < 1.29 is 14.3 Å². The van der Waals surface area contributed by atoms with Crippen molar-refractivity contribution in [2.24, 2.45) is 5.41 Å². The maximum absolute atomic E-state index is 13.5. The fourth-order valence-electron chi connectivity index (χ4n) is 3.77. The number of nitrogens with zero attached hydrogens (tertiary/aromatic N) is 2. The van der Waals surface area contributed by atoms with Crippen LogP contribution in [-0.4, -0.2) is 55.0 Å². The third-order valence-electron chi connectivity index (χ3n) is 5.29. The molecule has 5 nitrogen and oxygen atoms in total. The summed E-state index contributed by atoms with van der Waals surface area (Å²) >= 11 is 7.82. The molecule has 1 aliphatic rings. The van der Waals surface area contributed by atoms with Gasteiger partial charge in [0.05, 0.1) is 19.2 Å². The van der Waals surface area contributed by atoms with E-state index in [1.807, 2.05) is 49.9 Å². The van der Waals surface area contributed by atoms with E-state index in [0.717, 1.165) is 17.5 Å². The zero-order chi connectivity index (χ0) is 21.9. The molecule has 2 heterocycles. The Bertz CT molecular complexity index is 889. The molecule has 3 rings (SSSR count).